The van der Waals surface area contributed by atoms with E-state index in [9.17, 15) is 9.59 Å². The molecule has 0 fully saturated rings. The molecule has 0 aromatic heterocycles. The molecule has 0 saturated heterocycles. The van der Waals surface area contributed by atoms with Gasteiger partial charge in [0.1, 0.15) is 5.78 Å². The number of rotatable bonds is 5. The maximum Gasteiger partial charge on any atom is 0.410 e. The largest absolute Gasteiger partial charge is 0.450 e. The molecule has 0 radical (unpaired) electrons. The summed E-state index contributed by atoms with van der Waals surface area (Å²) < 4.78 is 4.96. The second-order valence-electron chi connectivity index (χ2n) is 4.44. The van der Waals surface area contributed by atoms with Crippen molar-refractivity contribution < 1.29 is 14.3 Å². The van der Waals surface area contributed by atoms with Crippen molar-refractivity contribution in [1.29, 1.82) is 0 Å². The number of alkyl halides is 1. The highest BCUT2D eigenvalue weighted by Gasteiger charge is 2.27. The molecular formula is C11H20BrNO3. The third kappa shape index (κ3) is 5.49. The monoisotopic (exact) mass is 293 g/mol. The molecule has 0 bridgehead atoms. The van der Waals surface area contributed by atoms with Gasteiger partial charge in [0, 0.05) is 18.5 Å². The fourth-order valence-electron chi connectivity index (χ4n) is 1.21. The van der Waals surface area contributed by atoms with Gasteiger partial charge in [0.15, 0.2) is 0 Å². The van der Waals surface area contributed by atoms with E-state index in [0.29, 0.717) is 24.9 Å². The fourth-order valence-corrected chi connectivity index (χ4v) is 1.49. The number of ether oxygens (including phenoxy) is 1. The van der Waals surface area contributed by atoms with Gasteiger partial charge in [0.2, 0.25) is 0 Å². The Labute approximate surface area is 105 Å². The zero-order valence-electron chi connectivity index (χ0n) is 10.4. The highest BCUT2D eigenvalue weighted by molar-refractivity contribution is 9.09. The second kappa shape index (κ2) is 6.89. The van der Waals surface area contributed by atoms with Gasteiger partial charge in [-0.3, -0.25) is 4.79 Å². The number of nitrogens with zero attached hydrogens (tertiary/aromatic N) is 1. The van der Waals surface area contributed by atoms with E-state index >= 15 is 0 Å². The molecule has 0 atom stereocenters. The van der Waals surface area contributed by atoms with Crippen molar-refractivity contribution in [3.63, 3.8) is 0 Å². The molecule has 5 heteroatoms. The molecule has 1 amide bonds. The van der Waals surface area contributed by atoms with Crippen LogP contribution in [-0.4, -0.2) is 40.8 Å². The summed E-state index contributed by atoms with van der Waals surface area (Å²) in [6.07, 6.45) is -0.0150. The summed E-state index contributed by atoms with van der Waals surface area (Å²) in [7, 11) is 0. The zero-order valence-corrected chi connectivity index (χ0v) is 12.0. The predicted octanol–water partition coefficient (Wildman–Crippen LogP) is 2.60. The smallest absolute Gasteiger partial charge is 0.410 e. The molecule has 0 aliphatic heterocycles. The molecule has 0 aliphatic rings. The third-order valence-electron chi connectivity index (χ3n) is 2.06. The highest BCUT2D eigenvalue weighted by Crippen LogP contribution is 2.15. The standard InChI is InChI=1S/C11H20BrNO3/c1-5-16-10(15)13(11(2,3)4)7-6-9(14)8-12/h5-8H2,1-4H3. The Morgan fingerprint density at radius 1 is 1.31 bits per heavy atom. The number of ketones is 1. The molecule has 0 rings (SSSR count). The first-order valence-corrected chi connectivity index (χ1v) is 6.47. The maximum absolute atomic E-state index is 11.7. The van der Waals surface area contributed by atoms with Crippen molar-refractivity contribution in [3.8, 4) is 0 Å². The molecule has 0 saturated carbocycles. The van der Waals surface area contributed by atoms with Crippen LogP contribution in [-0.2, 0) is 9.53 Å². The lowest BCUT2D eigenvalue weighted by molar-refractivity contribution is -0.116. The van der Waals surface area contributed by atoms with Gasteiger partial charge >= 0.3 is 6.09 Å². The summed E-state index contributed by atoms with van der Waals surface area (Å²) >= 11 is 3.10. The van der Waals surface area contributed by atoms with Crippen LogP contribution in [0.5, 0.6) is 0 Å². The van der Waals surface area contributed by atoms with Crippen LogP contribution in [0.25, 0.3) is 0 Å². The van der Waals surface area contributed by atoms with E-state index in [2.05, 4.69) is 15.9 Å². The zero-order chi connectivity index (χ0) is 12.8. The number of amides is 1. The minimum absolute atomic E-state index is 0.0820. The Morgan fingerprint density at radius 2 is 1.88 bits per heavy atom. The topological polar surface area (TPSA) is 46.6 Å². The molecule has 0 aliphatic carbocycles. The SMILES string of the molecule is CCOC(=O)N(CCC(=O)CBr)C(C)(C)C. The molecule has 94 valence electrons. The van der Waals surface area contributed by atoms with E-state index in [1.807, 2.05) is 20.8 Å². The Bertz CT molecular complexity index is 248. The lowest BCUT2D eigenvalue weighted by Crippen LogP contribution is -2.46. The minimum Gasteiger partial charge on any atom is -0.450 e. The van der Waals surface area contributed by atoms with Crippen LogP contribution in [0.4, 0.5) is 4.79 Å². The molecule has 16 heavy (non-hydrogen) atoms. The molecule has 0 aromatic carbocycles. The van der Waals surface area contributed by atoms with Crippen molar-refractivity contribution in [1.82, 2.24) is 4.90 Å². The van der Waals surface area contributed by atoms with Crippen LogP contribution in [0.1, 0.15) is 34.1 Å². The third-order valence-corrected chi connectivity index (χ3v) is 2.69. The molecule has 0 spiro atoms. The van der Waals surface area contributed by atoms with Crippen molar-refractivity contribution in [2.45, 2.75) is 39.7 Å². The van der Waals surface area contributed by atoms with Gasteiger partial charge in [-0.2, -0.15) is 0 Å². The maximum atomic E-state index is 11.7. The molecule has 0 aromatic rings. The Balaban J connectivity index is 4.45. The van der Waals surface area contributed by atoms with E-state index in [1.54, 1.807) is 11.8 Å². The van der Waals surface area contributed by atoms with Gasteiger partial charge in [-0.25, -0.2) is 4.79 Å². The number of hydrogen-bond donors (Lipinski definition) is 0. The van der Waals surface area contributed by atoms with E-state index in [1.165, 1.54) is 0 Å². The summed E-state index contributed by atoms with van der Waals surface area (Å²) in [5.41, 5.74) is -0.334. The Hall–Kier alpha value is -0.580. The first-order valence-electron chi connectivity index (χ1n) is 5.35. The molecule has 0 N–H and O–H groups in total. The van der Waals surface area contributed by atoms with Crippen molar-refractivity contribution in [2.24, 2.45) is 0 Å². The predicted molar refractivity (Wildman–Crippen MR) is 66.9 cm³/mol. The first kappa shape index (κ1) is 15.4. The molecular weight excluding hydrogens is 274 g/mol. The average molecular weight is 294 g/mol. The second-order valence-corrected chi connectivity index (χ2v) is 5.00. The van der Waals surface area contributed by atoms with Crippen LogP contribution >= 0.6 is 15.9 Å². The lowest BCUT2D eigenvalue weighted by Gasteiger charge is -2.34. The van der Waals surface area contributed by atoms with Gasteiger partial charge in [-0.15, -0.1) is 0 Å². The number of hydrogen-bond acceptors (Lipinski definition) is 3. The van der Waals surface area contributed by atoms with Crippen LogP contribution in [0.2, 0.25) is 0 Å². The van der Waals surface area contributed by atoms with Crippen LogP contribution in [0, 0.1) is 0 Å². The molecule has 0 heterocycles. The van der Waals surface area contributed by atoms with Crippen LogP contribution in [0.15, 0.2) is 0 Å². The van der Waals surface area contributed by atoms with Crippen molar-refractivity contribution >= 4 is 27.8 Å². The molecule has 4 nitrogen and oxygen atoms in total. The Morgan fingerprint density at radius 3 is 2.25 bits per heavy atom. The van der Waals surface area contributed by atoms with Crippen LogP contribution in [0.3, 0.4) is 0 Å². The van der Waals surface area contributed by atoms with E-state index in [4.69, 9.17) is 4.74 Å². The summed E-state index contributed by atoms with van der Waals surface area (Å²) in [4.78, 5) is 24.4. The summed E-state index contributed by atoms with van der Waals surface area (Å²) in [6, 6.07) is 0. The van der Waals surface area contributed by atoms with Gasteiger partial charge < -0.3 is 9.64 Å². The summed E-state index contributed by atoms with van der Waals surface area (Å²) in [5, 5.41) is 0.327. The van der Waals surface area contributed by atoms with Crippen LogP contribution < -0.4 is 0 Å². The number of carbonyl (C=O) groups excluding carboxylic acids is 2. The van der Waals surface area contributed by atoms with E-state index in [0.717, 1.165) is 0 Å². The highest BCUT2D eigenvalue weighted by atomic mass is 79.9. The lowest BCUT2D eigenvalue weighted by atomic mass is 10.1. The quantitative estimate of drug-likeness (QED) is 0.732. The fraction of sp³-hybridized carbons (Fsp3) is 0.818. The molecule has 0 unspecified atom stereocenters. The van der Waals surface area contributed by atoms with Gasteiger partial charge in [0.25, 0.3) is 0 Å². The van der Waals surface area contributed by atoms with E-state index in [-0.39, 0.29) is 17.4 Å². The van der Waals surface area contributed by atoms with E-state index < -0.39 is 0 Å². The van der Waals surface area contributed by atoms with Gasteiger partial charge in [-0.05, 0) is 27.7 Å². The van der Waals surface area contributed by atoms with Gasteiger partial charge in [-0.1, -0.05) is 15.9 Å². The van der Waals surface area contributed by atoms with Gasteiger partial charge in [0.05, 0.1) is 11.9 Å². The number of carbonyl (C=O) groups is 2. The Kier molecular flexibility index (Phi) is 6.64. The number of halogens is 1. The average Bonchev–Trinajstić information content (AvgIpc) is 2.16. The summed E-state index contributed by atoms with van der Waals surface area (Å²) in [5.74, 6) is 0.0820. The summed E-state index contributed by atoms with van der Waals surface area (Å²) in [6.45, 7) is 8.26. The normalized spacial score (nSPS) is 11.1. The minimum atomic E-state index is -0.364. The first-order chi connectivity index (χ1) is 7.32. The number of Topliss-reactive ketones (excluding diaryl/α,β-unsaturated/α-hetero) is 1. The van der Waals surface area contributed by atoms with Crippen molar-refractivity contribution in [2.75, 3.05) is 18.5 Å². The van der Waals surface area contributed by atoms with Crippen molar-refractivity contribution in [3.05, 3.63) is 0 Å².